The van der Waals surface area contributed by atoms with Crippen LogP contribution in [0.25, 0.3) is 0 Å². The third kappa shape index (κ3) is 3.30. The number of likely N-dealkylation sites (tertiary alicyclic amines) is 1. The Labute approximate surface area is 109 Å². The largest absolute Gasteiger partial charge is 0.314 e. The van der Waals surface area contributed by atoms with Gasteiger partial charge in [0, 0.05) is 5.54 Å². The van der Waals surface area contributed by atoms with Gasteiger partial charge in [0.05, 0.1) is 0 Å². The summed E-state index contributed by atoms with van der Waals surface area (Å²) in [4.78, 5) is 2.38. The molecular formula is C15H23FN2. The molecule has 0 aliphatic carbocycles. The molecule has 0 unspecified atom stereocenters. The van der Waals surface area contributed by atoms with Crippen molar-refractivity contribution < 1.29 is 4.39 Å². The van der Waals surface area contributed by atoms with Crippen LogP contribution in [0.3, 0.4) is 0 Å². The molecule has 0 bridgehead atoms. The lowest BCUT2D eigenvalue weighted by Gasteiger charge is -2.41. The molecule has 1 aromatic carbocycles. The molecule has 1 saturated heterocycles. The van der Waals surface area contributed by atoms with E-state index in [9.17, 15) is 4.39 Å². The van der Waals surface area contributed by atoms with E-state index in [1.165, 1.54) is 18.4 Å². The van der Waals surface area contributed by atoms with E-state index in [1.807, 2.05) is 12.1 Å². The monoisotopic (exact) mass is 250 g/mol. The zero-order valence-electron chi connectivity index (χ0n) is 11.4. The van der Waals surface area contributed by atoms with Crippen LogP contribution in [0.15, 0.2) is 24.3 Å². The van der Waals surface area contributed by atoms with Gasteiger partial charge in [-0.15, -0.1) is 0 Å². The van der Waals surface area contributed by atoms with Gasteiger partial charge >= 0.3 is 0 Å². The molecule has 0 amide bonds. The maximum Gasteiger partial charge on any atom is 0.123 e. The summed E-state index contributed by atoms with van der Waals surface area (Å²) in [6.45, 7) is 2.31. The Hall–Kier alpha value is -0.930. The van der Waals surface area contributed by atoms with Crippen LogP contribution in [-0.4, -0.2) is 37.6 Å². The molecule has 0 radical (unpaired) electrons. The lowest BCUT2D eigenvalue weighted by molar-refractivity contribution is 0.156. The highest BCUT2D eigenvalue weighted by Crippen LogP contribution is 2.26. The number of aryl methyl sites for hydroxylation is 1. The maximum atomic E-state index is 12.8. The van der Waals surface area contributed by atoms with Crippen molar-refractivity contribution in [2.45, 2.75) is 31.2 Å². The maximum absolute atomic E-state index is 12.8. The van der Waals surface area contributed by atoms with Crippen molar-refractivity contribution in [2.75, 3.05) is 27.2 Å². The highest BCUT2D eigenvalue weighted by Gasteiger charge is 2.31. The first kappa shape index (κ1) is 13.5. The second kappa shape index (κ2) is 5.81. The van der Waals surface area contributed by atoms with Crippen molar-refractivity contribution in [3.63, 3.8) is 0 Å². The Balaban J connectivity index is 1.92. The summed E-state index contributed by atoms with van der Waals surface area (Å²) < 4.78 is 12.8. The van der Waals surface area contributed by atoms with Crippen LogP contribution in [0.1, 0.15) is 24.8 Å². The number of benzene rings is 1. The number of nitrogens with one attached hydrogen (secondary N) is 1. The van der Waals surface area contributed by atoms with Gasteiger partial charge in [-0.25, -0.2) is 4.39 Å². The average Bonchev–Trinajstić information content (AvgIpc) is 2.41. The van der Waals surface area contributed by atoms with Crippen molar-refractivity contribution >= 4 is 0 Å². The molecule has 100 valence electrons. The standard InChI is InChI=1S/C15H23FN2/c1-17-15(9-11-18(2)12-10-15)8-7-13-3-5-14(16)6-4-13/h3-6,17H,7-12H2,1-2H3. The van der Waals surface area contributed by atoms with Crippen LogP contribution >= 0.6 is 0 Å². The summed E-state index contributed by atoms with van der Waals surface area (Å²) in [6.07, 6.45) is 4.54. The van der Waals surface area contributed by atoms with Crippen molar-refractivity contribution in [1.29, 1.82) is 0 Å². The minimum atomic E-state index is -0.152. The molecule has 18 heavy (non-hydrogen) atoms. The first-order chi connectivity index (χ1) is 8.63. The quantitative estimate of drug-likeness (QED) is 0.883. The molecular weight excluding hydrogens is 227 g/mol. The molecule has 1 N–H and O–H groups in total. The van der Waals surface area contributed by atoms with Gasteiger partial charge in [-0.2, -0.15) is 0 Å². The number of halogens is 1. The summed E-state index contributed by atoms with van der Waals surface area (Å²) in [6, 6.07) is 6.90. The first-order valence-electron chi connectivity index (χ1n) is 6.75. The number of hydrogen-bond acceptors (Lipinski definition) is 2. The lowest BCUT2D eigenvalue weighted by atomic mass is 9.82. The van der Waals surface area contributed by atoms with Crippen LogP contribution in [0, 0.1) is 5.82 Å². The van der Waals surface area contributed by atoms with E-state index in [0.29, 0.717) is 0 Å². The summed E-state index contributed by atoms with van der Waals surface area (Å²) in [5, 5.41) is 3.52. The fourth-order valence-electron chi connectivity index (χ4n) is 2.71. The third-order valence-corrected chi connectivity index (χ3v) is 4.28. The second-order valence-corrected chi connectivity index (χ2v) is 5.46. The predicted molar refractivity (Wildman–Crippen MR) is 73.2 cm³/mol. The minimum Gasteiger partial charge on any atom is -0.314 e. The highest BCUT2D eigenvalue weighted by molar-refractivity contribution is 5.16. The molecule has 0 saturated carbocycles. The summed E-state index contributed by atoms with van der Waals surface area (Å²) in [5.41, 5.74) is 1.49. The van der Waals surface area contributed by atoms with Gasteiger partial charge in [-0.1, -0.05) is 12.1 Å². The molecule has 1 aromatic rings. The number of rotatable bonds is 4. The molecule has 2 rings (SSSR count). The topological polar surface area (TPSA) is 15.3 Å². The van der Waals surface area contributed by atoms with Gasteiger partial charge in [0.1, 0.15) is 5.82 Å². The molecule has 0 aromatic heterocycles. The molecule has 1 fully saturated rings. The zero-order chi connectivity index (χ0) is 13.0. The minimum absolute atomic E-state index is 0.152. The van der Waals surface area contributed by atoms with E-state index < -0.39 is 0 Å². The molecule has 1 heterocycles. The van der Waals surface area contributed by atoms with Crippen LogP contribution < -0.4 is 5.32 Å². The van der Waals surface area contributed by atoms with Gasteiger partial charge in [0.15, 0.2) is 0 Å². The number of nitrogens with zero attached hydrogens (tertiary/aromatic N) is 1. The first-order valence-corrected chi connectivity index (χ1v) is 6.75. The Morgan fingerprint density at radius 2 is 1.83 bits per heavy atom. The van der Waals surface area contributed by atoms with Gasteiger partial charge in [-0.05, 0) is 70.6 Å². The van der Waals surface area contributed by atoms with Crippen molar-refractivity contribution in [2.24, 2.45) is 0 Å². The van der Waals surface area contributed by atoms with Crippen LogP contribution in [-0.2, 0) is 6.42 Å². The van der Waals surface area contributed by atoms with E-state index in [2.05, 4.69) is 24.3 Å². The molecule has 1 aliphatic rings. The summed E-state index contributed by atoms with van der Waals surface area (Å²) in [5.74, 6) is -0.152. The van der Waals surface area contributed by atoms with E-state index >= 15 is 0 Å². The normalized spacial score (nSPS) is 19.9. The van der Waals surface area contributed by atoms with Crippen molar-refractivity contribution in [1.82, 2.24) is 10.2 Å². The van der Waals surface area contributed by atoms with E-state index in [1.54, 1.807) is 12.1 Å². The average molecular weight is 250 g/mol. The van der Waals surface area contributed by atoms with Crippen LogP contribution in [0.5, 0.6) is 0 Å². The Morgan fingerprint density at radius 3 is 2.39 bits per heavy atom. The Bertz CT molecular complexity index is 367. The lowest BCUT2D eigenvalue weighted by Crippen LogP contribution is -2.51. The molecule has 2 nitrogen and oxygen atoms in total. The smallest absolute Gasteiger partial charge is 0.123 e. The number of piperidine rings is 1. The van der Waals surface area contributed by atoms with E-state index in [-0.39, 0.29) is 11.4 Å². The Kier molecular flexibility index (Phi) is 4.36. The second-order valence-electron chi connectivity index (χ2n) is 5.46. The molecule has 1 aliphatic heterocycles. The van der Waals surface area contributed by atoms with Crippen molar-refractivity contribution in [3.05, 3.63) is 35.6 Å². The van der Waals surface area contributed by atoms with Crippen molar-refractivity contribution in [3.8, 4) is 0 Å². The fraction of sp³-hybridized carbons (Fsp3) is 0.600. The molecule has 3 heteroatoms. The van der Waals surface area contributed by atoms with Gasteiger partial charge < -0.3 is 10.2 Å². The highest BCUT2D eigenvalue weighted by atomic mass is 19.1. The van der Waals surface area contributed by atoms with Gasteiger partial charge in [-0.3, -0.25) is 0 Å². The SMILES string of the molecule is CNC1(CCc2ccc(F)cc2)CCN(C)CC1. The van der Waals surface area contributed by atoms with E-state index in [0.717, 1.165) is 25.9 Å². The van der Waals surface area contributed by atoms with Gasteiger partial charge in [0.2, 0.25) is 0 Å². The van der Waals surface area contributed by atoms with Gasteiger partial charge in [0.25, 0.3) is 0 Å². The predicted octanol–water partition coefficient (Wildman–Crippen LogP) is 2.44. The molecule has 0 atom stereocenters. The van der Waals surface area contributed by atoms with Crippen LogP contribution in [0.4, 0.5) is 4.39 Å². The third-order valence-electron chi connectivity index (χ3n) is 4.28. The fourth-order valence-corrected chi connectivity index (χ4v) is 2.71. The van der Waals surface area contributed by atoms with E-state index in [4.69, 9.17) is 0 Å². The van der Waals surface area contributed by atoms with Crippen LogP contribution in [0.2, 0.25) is 0 Å². The zero-order valence-corrected chi connectivity index (χ0v) is 11.4. The molecule has 0 spiro atoms. The Morgan fingerprint density at radius 1 is 1.22 bits per heavy atom. The number of hydrogen-bond donors (Lipinski definition) is 1. The summed E-state index contributed by atoms with van der Waals surface area (Å²) in [7, 11) is 4.25. The summed E-state index contributed by atoms with van der Waals surface area (Å²) >= 11 is 0.